The van der Waals surface area contributed by atoms with Crippen LogP contribution in [-0.4, -0.2) is 77.9 Å². The van der Waals surface area contributed by atoms with E-state index in [0.29, 0.717) is 0 Å². The summed E-state index contributed by atoms with van der Waals surface area (Å²) in [6.07, 6.45) is -0.217. The van der Waals surface area contributed by atoms with Crippen LogP contribution in [0.15, 0.2) is 24.3 Å². The molecule has 1 spiro atoms. The van der Waals surface area contributed by atoms with Gasteiger partial charge in [-0.15, -0.1) is 0 Å². The molecule has 0 atom stereocenters. The highest BCUT2D eigenvalue weighted by Crippen LogP contribution is 2.37. The van der Waals surface area contributed by atoms with Crippen LogP contribution in [0.2, 0.25) is 0 Å². The molecule has 0 aromatic heterocycles. The highest BCUT2D eigenvalue weighted by atomic mass is 19.4. The molecule has 2 saturated heterocycles. The number of likely N-dealkylation sites (tertiary alicyclic amines) is 1. The zero-order valence-corrected chi connectivity index (χ0v) is 17.7. The van der Waals surface area contributed by atoms with Crippen molar-refractivity contribution in [2.75, 3.05) is 39.4 Å². The van der Waals surface area contributed by atoms with Crippen molar-refractivity contribution >= 4 is 11.9 Å². The molecule has 0 radical (unpaired) electrons. The lowest BCUT2D eigenvalue weighted by molar-refractivity contribution is -0.192. The summed E-state index contributed by atoms with van der Waals surface area (Å²) in [5.41, 5.74) is 2.09. The number of hydrogen-bond acceptors (Lipinski definition) is 4. The molecule has 1 aromatic carbocycles. The maximum Gasteiger partial charge on any atom is 0.490 e. The molecule has 3 aliphatic rings. The summed E-state index contributed by atoms with van der Waals surface area (Å²) in [5, 5.41) is 7.12. The summed E-state index contributed by atoms with van der Waals surface area (Å²) in [6, 6.07) is 7.92. The molecule has 31 heavy (non-hydrogen) atoms. The summed E-state index contributed by atoms with van der Waals surface area (Å²) >= 11 is 0. The molecule has 0 bridgehead atoms. The van der Waals surface area contributed by atoms with Crippen LogP contribution < -0.4 is 0 Å². The minimum atomic E-state index is -5.08. The third kappa shape index (κ3) is 5.98. The second-order valence-electron chi connectivity index (χ2n) is 8.58. The van der Waals surface area contributed by atoms with E-state index in [2.05, 4.69) is 4.90 Å². The van der Waals surface area contributed by atoms with Gasteiger partial charge in [0.2, 0.25) is 0 Å². The number of alkyl halides is 3. The van der Waals surface area contributed by atoms with Gasteiger partial charge in [-0.2, -0.15) is 13.2 Å². The van der Waals surface area contributed by atoms with Crippen molar-refractivity contribution in [2.45, 2.75) is 44.3 Å². The Morgan fingerprint density at radius 1 is 1.16 bits per heavy atom. The number of carbonyl (C=O) groups is 2. The first-order valence-electron chi connectivity index (χ1n) is 10.6. The lowest BCUT2D eigenvalue weighted by Gasteiger charge is -2.51. The van der Waals surface area contributed by atoms with Crippen molar-refractivity contribution < 1.29 is 32.6 Å². The Balaban J connectivity index is 0.000000339. The van der Waals surface area contributed by atoms with E-state index >= 15 is 0 Å². The zero-order valence-electron chi connectivity index (χ0n) is 17.7. The van der Waals surface area contributed by atoms with E-state index in [4.69, 9.17) is 14.6 Å². The lowest BCUT2D eigenvalue weighted by atomic mass is 9.84. The molecule has 3 fully saturated rings. The predicted molar refractivity (Wildman–Crippen MR) is 108 cm³/mol. The number of benzene rings is 1. The number of amides is 1. The van der Waals surface area contributed by atoms with Crippen LogP contribution in [0, 0.1) is 12.8 Å². The number of carboxylic acids is 1. The van der Waals surface area contributed by atoms with Gasteiger partial charge in [0, 0.05) is 37.3 Å². The summed E-state index contributed by atoms with van der Waals surface area (Å²) in [7, 11) is 0. The highest BCUT2D eigenvalue weighted by molar-refractivity contribution is 5.95. The number of aryl methyl sites for hydroxylation is 1. The molecular formula is C22H29F3N2O4. The number of rotatable bonds is 3. The number of ether oxygens (including phenoxy) is 1. The van der Waals surface area contributed by atoms with Gasteiger partial charge in [-0.25, -0.2) is 4.79 Å². The number of carboxylic acid groups (broad SMARTS) is 1. The van der Waals surface area contributed by atoms with Gasteiger partial charge in [0.05, 0.1) is 13.2 Å². The Kier molecular flexibility index (Phi) is 7.26. The molecule has 2 aliphatic heterocycles. The number of halogens is 3. The number of hydrogen-bond donors (Lipinski definition) is 1. The molecule has 9 heteroatoms. The Morgan fingerprint density at radius 2 is 1.77 bits per heavy atom. The average molecular weight is 442 g/mol. The molecule has 2 heterocycles. The van der Waals surface area contributed by atoms with Crippen molar-refractivity contribution in [1.29, 1.82) is 0 Å². The van der Waals surface area contributed by atoms with Crippen molar-refractivity contribution in [3.8, 4) is 0 Å². The van der Waals surface area contributed by atoms with Crippen LogP contribution >= 0.6 is 0 Å². The second-order valence-corrected chi connectivity index (χ2v) is 8.58. The minimum absolute atomic E-state index is 0.170. The first-order valence-corrected chi connectivity index (χ1v) is 10.6. The van der Waals surface area contributed by atoms with Crippen LogP contribution in [-0.2, 0) is 9.53 Å². The third-order valence-corrected chi connectivity index (χ3v) is 6.32. The molecule has 6 nitrogen and oxygen atoms in total. The van der Waals surface area contributed by atoms with Gasteiger partial charge in [-0.3, -0.25) is 9.69 Å². The fraction of sp³-hybridized carbons (Fsp3) is 0.636. The fourth-order valence-corrected chi connectivity index (χ4v) is 4.23. The molecule has 4 rings (SSSR count). The lowest BCUT2D eigenvalue weighted by Crippen LogP contribution is -2.62. The number of aliphatic carboxylic acids is 1. The Morgan fingerprint density at radius 3 is 2.32 bits per heavy atom. The van der Waals surface area contributed by atoms with Crippen molar-refractivity contribution in [3.63, 3.8) is 0 Å². The molecule has 1 aliphatic carbocycles. The van der Waals surface area contributed by atoms with Crippen LogP contribution in [0.25, 0.3) is 0 Å². The third-order valence-electron chi connectivity index (χ3n) is 6.32. The average Bonchev–Trinajstić information content (AvgIpc) is 3.54. The smallest absolute Gasteiger partial charge is 0.475 e. The van der Waals surface area contributed by atoms with Gasteiger partial charge in [0.25, 0.3) is 5.91 Å². The maximum absolute atomic E-state index is 12.8. The summed E-state index contributed by atoms with van der Waals surface area (Å²) in [4.78, 5) is 26.5. The van der Waals surface area contributed by atoms with E-state index in [1.54, 1.807) is 0 Å². The van der Waals surface area contributed by atoms with Crippen LogP contribution in [0.4, 0.5) is 13.2 Å². The van der Waals surface area contributed by atoms with E-state index in [0.717, 1.165) is 62.7 Å². The standard InChI is InChI=1S/C20H28N2O2.C2HF3O2/c1-16-4-2-3-5-18(16)19(23)21-10-8-20(9-11-21)15-24-13-12-22(20)14-17-6-7-17;3-2(4,5)1(6)7/h2-5,17H,6-15H2,1H3;(H,6,7). The van der Waals surface area contributed by atoms with Gasteiger partial charge >= 0.3 is 12.1 Å². The summed E-state index contributed by atoms with van der Waals surface area (Å²) in [5.74, 6) is -1.66. The van der Waals surface area contributed by atoms with Gasteiger partial charge < -0.3 is 14.7 Å². The van der Waals surface area contributed by atoms with E-state index in [1.807, 2.05) is 36.1 Å². The second kappa shape index (κ2) is 9.56. The number of piperidine rings is 1. The number of morpholine rings is 1. The summed E-state index contributed by atoms with van der Waals surface area (Å²) < 4.78 is 37.6. The summed E-state index contributed by atoms with van der Waals surface area (Å²) in [6.45, 7) is 7.70. The Bertz CT molecular complexity index is 787. The molecule has 1 saturated carbocycles. The molecule has 0 unspecified atom stereocenters. The number of nitrogens with zero attached hydrogens (tertiary/aromatic N) is 2. The van der Waals surface area contributed by atoms with Crippen molar-refractivity contribution in [2.24, 2.45) is 5.92 Å². The quantitative estimate of drug-likeness (QED) is 0.778. The molecule has 172 valence electrons. The molecule has 1 aromatic rings. The normalized spacial score (nSPS) is 21.4. The topological polar surface area (TPSA) is 70.1 Å². The monoisotopic (exact) mass is 442 g/mol. The minimum Gasteiger partial charge on any atom is -0.475 e. The van der Waals surface area contributed by atoms with Crippen molar-refractivity contribution in [1.82, 2.24) is 9.80 Å². The molecular weight excluding hydrogens is 413 g/mol. The van der Waals surface area contributed by atoms with E-state index < -0.39 is 12.1 Å². The number of carbonyl (C=O) groups excluding carboxylic acids is 1. The van der Waals surface area contributed by atoms with Gasteiger partial charge in [0.15, 0.2) is 0 Å². The van der Waals surface area contributed by atoms with Crippen LogP contribution in [0.1, 0.15) is 41.6 Å². The van der Waals surface area contributed by atoms with Gasteiger partial charge in [-0.1, -0.05) is 18.2 Å². The molecule has 1 amide bonds. The highest BCUT2D eigenvalue weighted by Gasteiger charge is 2.44. The van der Waals surface area contributed by atoms with Gasteiger partial charge in [0.1, 0.15) is 0 Å². The van der Waals surface area contributed by atoms with E-state index in [9.17, 15) is 18.0 Å². The van der Waals surface area contributed by atoms with E-state index in [-0.39, 0.29) is 11.4 Å². The SMILES string of the molecule is Cc1ccccc1C(=O)N1CCC2(CC1)COCCN2CC1CC1.O=C(O)C(F)(F)F. The molecule has 1 N–H and O–H groups in total. The Labute approximate surface area is 180 Å². The van der Waals surface area contributed by atoms with Crippen LogP contribution in [0.5, 0.6) is 0 Å². The fourth-order valence-electron chi connectivity index (χ4n) is 4.23. The first-order chi connectivity index (χ1) is 14.6. The van der Waals surface area contributed by atoms with Crippen LogP contribution in [0.3, 0.4) is 0 Å². The van der Waals surface area contributed by atoms with E-state index in [1.165, 1.54) is 19.4 Å². The maximum atomic E-state index is 12.8. The Hall–Kier alpha value is -2.13. The predicted octanol–water partition coefficient (Wildman–Crippen LogP) is 3.35. The largest absolute Gasteiger partial charge is 0.490 e. The first kappa shape index (κ1) is 23.5. The van der Waals surface area contributed by atoms with Gasteiger partial charge in [-0.05, 0) is 50.2 Å². The zero-order chi connectivity index (χ0) is 22.6. The van der Waals surface area contributed by atoms with Crippen molar-refractivity contribution in [3.05, 3.63) is 35.4 Å².